The highest BCUT2D eigenvalue weighted by Gasteiger charge is 2.17. The van der Waals surface area contributed by atoms with E-state index in [4.69, 9.17) is 27.4 Å². The van der Waals surface area contributed by atoms with Gasteiger partial charge in [0.25, 0.3) is 0 Å². The Morgan fingerprint density at radius 1 is 1.53 bits per heavy atom. The van der Waals surface area contributed by atoms with E-state index in [0.717, 1.165) is 19.4 Å². The van der Waals surface area contributed by atoms with Crippen molar-refractivity contribution in [3.63, 3.8) is 0 Å². The topological polar surface area (TPSA) is 44.5 Å². The van der Waals surface area contributed by atoms with Crippen molar-refractivity contribution in [2.45, 2.75) is 18.9 Å². The quantitative estimate of drug-likeness (QED) is 0.839. The zero-order chi connectivity index (χ0) is 12.3. The van der Waals surface area contributed by atoms with Crippen LogP contribution < -0.4 is 10.5 Å². The van der Waals surface area contributed by atoms with Crippen LogP contribution in [0.2, 0.25) is 0 Å². The van der Waals surface area contributed by atoms with E-state index in [-0.39, 0.29) is 16.8 Å². The van der Waals surface area contributed by atoms with Crippen LogP contribution in [0.25, 0.3) is 0 Å². The normalized spacial score (nSPS) is 19.9. The van der Waals surface area contributed by atoms with Gasteiger partial charge in [0.1, 0.15) is 11.1 Å². The fourth-order valence-electron chi connectivity index (χ4n) is 1.73. The van der Waals surface area contributed by atoms with Gasteiger partial charge in [-0.15, -0.1) is 0 Å². The summed E-state index contributed by atoms with van der Waals surface area (Å²) in [6.45, 7) is 1.26. The summed E-state index contributed by atoms with van der Waals surface area (Å²) in [5, 5.41) is 0. The molecule has 0 spiro atoms. The molecule has 0 radical (unpaired) electrons. The molecule has 0 amide bonds. The Morgan fingerprint density at radius 3 is 2.94 bits per heavy atom. The maximum Gasteiger partial charge on any atom is 0.165 e. The summed E-state index contributed by atoms with van der Waals surface area (Å²) in [6, 6.07) is 4.50. The number of thiocarbonyl (C=S) groups is 1. The van der Waals surface area contributed by atoms with E-state index in [2.05, 4.69) is 0 Å². The molecule has 0 aromatic heterocycles. The predicted octanol–water partition coefficient (Wildman–Crippen LogP) is 2.02. The van der Waals surface area contributed by atoms with Gasteiger partial charge in [-0.25, -0.2) is 4.39 Å². The molecule has 0 saturated carbocycles. The minimum Gasteiger partial charge on any atom is -0.485 e. The molecule has 1 aliphatic rings. The summed E-state index contributed by atoms with van der Waals surface area (Å²) in [5.74, 6) is -0.221. The molecule has 0 bridgehead atoms. The van der Waals surface area contributed by atoms with Gasteiger partial charge in [0.2, 0.25) is 0 Å². The third kappa shape index (κ3) is 3.14. The first-order valence-corrected chi connectivity index (χ1v) is 5.91. The summed E-state index contributed by atoms with van der Waals surface area (Å²) in [7, 11) is 0. The van der Waals surface area contributed by atoms with Crippen molar-refractivity contribution in [3.8, 4) is 5.75 Å². The summed E-state index contributed by atoms with van der Waals surface area (Å²) < 4.78 is 24.5. The van der Waals surface area contributed by atoms with Gasteiger partial charge >= 0.3 is 0 Å². The molecule has 1 saturated heterocycles. The van der Waals surface area contributed by atoms with Gasteiger partial charge in [0.05, 0.1) is 6.61 Å². The fourth-order valence-corrected chi connectivity index (χ4v) is 1.86. The zero-order valence-electron chi connectivity index (χ0n) is 9.32. The number of halogens is 1. The first-order valence-electron chi connectivity index (χ1n) is 5.50. The third-order valence-corrected chi connectivity index (χ3v) is 2.86. The fraction of sp³-hybridized carbons (Fsp3) is 0.417. The largest absolute Gasteiger partial charge is 0.485 e. The Labute approximate surface area is 105 Å². The molecule has 1 heterocycles. The first-order chi connectivity index (χ1) is 8.16. The molecular formula is C12H14FNO2S. The number of rotatable bonds is 3. The van der Waals surface area contributed by atoms with Crippen molar-refractivity contribution < 1.29 is 13.9 Å². The van der Waals surface area contributed by atoms with Gasteiger partial charge < -0.3 is 15.2 Å². The summed E-state index contributed by atoms with van der Waals surface area (Å²) in [4.78, 5) is 0.177. The van der Waals surface area contributed by atoms with E-state index in [1.54, 1.807) is 12.1 Å². The monoisotopic (exact) mass is 255 g/mol. The third-order valence-electron chi connectivity index (χ3n) is 2.63. The average Bonchev–Trinajstić information content (AvgIpc) is 2.33. The van der Waals surface area contributed by atoms with Crippen molar-refractivity contribution in [1.29, 1.82) is 0 Å². The molecule has 1 aromatic carbocycles. The van der Waals surface area contributed by atoms with Crippen LogP contribution in [0.3, 0.4) is 0 Å². The molecule has 1 aliphatic heterocycles. The second-order valence-corrected chi connectivity index (χ2v) is 4.41. The summed E-state index contributed by atoms with van der Waals surface area (Å²) in [5.41, 5.74) is 5.93. The van der Waals surface area contributed by atoms with Gasteiger partial charge in [-0.3, -0.25) is 0 Å². The van der Waals surface area contributed by atoms with Crippen LogP contribution in [0, 0.1) is 5.82 Å². The van der Waals surface area contributed by atoms with Gasteiger partial charge in [0, 0.05) is 12.2 Å². The molecule has 2 rings (SSSR count). The highest BCUT2D eigenvalue weighted by Crippen LogP contribution is 2.22. The maximum atomic E-state index is 13.7. The maximum absolute atomic E-state index is 13.7. The number of benzene rings is 1. The van der Waals surface area contributed by atoms with E-state index in [9.17, 15) is 4.39 Å². The highest BCUT2D eigenvalue weighted by atomic mass is 32.1. The van der Waals surface area contributed by atoms with Crippen LogP contribution in [0.4, 0.5) is 4.39 Å². The van der Waals surface area contributed by atoms with Crippen LogP contribution in [0.1, 0.15) is 18.4 Å². The molecule has 1 unspecified atom stereocenters. The summed E-state index contributed by atoms with van der Waals surface area (Å²) >= 11 is 4.78. The SMILES string of the molecule is NC(=S)c1ccc(OC2CCCOC2)c(F)c1. The van der Waals surface area contributed by atoms with Crippen LogP contribution >= 0.6 is 12.2 Å². The van der Waals surface area contributed by atoms with Crippen molar-refractivity contribution in [1.82, 2.24) is 0 Å². The Kier molecular flexibility index (Phi) is 3.91. The van der Waals surface area contributed by atoms with E-state index < -0.39 is 5.82 Å². The van der Waals surface area contributed by atoms with Crippen molar-refractivity contribution in [3.05, 3.63) is 29.6 Å². The van der Waals surface area contributed by atoms with Gasteiger partial charge in [-0.05, 0) is 31.0 Å². The summed E-state index contributed by atoms with van der Waals surface area (Å²) in [6.07, 6.45) is 1.75. The van der Waals surface area contributed by atoms with E-state index in [1.165, 1.54) is 6.07 Å². The van der Waals surface area contributed by atoms with Crippen molar-refractivity contribution in [2.24, 2.45) is 5.73 Å². The molecule has 3 nitrogen and oxygen atoms in total. The minimum absolute atomic E-state index is 0.0751. The van der Waals surface area contributed by atoms with Gasteiger partial charge in [-0.1, -0.05) is 12.2 Å². The van der Waals surface area contributed by atoms with Gasteiger partial charge in [0.15, 0.2) is 11.6 Å². The average molecular weight is 255 g/mol. The minimum atomic E-state index is -0.444. The van der Waals surface area contributed by atoms with Crippen molar-refractivity contribution in [2.75, 3.05) is 13.2 Å². The lowest BCUT2D eigenvalue weighted by Crippen LogP contribution is -2.28. The van der Waals surface area contributed by atoms with E-state index in [0.29, 0.717) is 12.2 Å². The number of nitrogens with two attached hydrogens (primary N) is 1. The van der Waals surface area contributed by atoms with Crippen LogP contribution in [-0.4, -0.2) is 24.3 Å². The molecular weight excluding hydrogens is 241 g/mol. The number of hydrogen-bond donors (Lipinski definition) is 1. The highest BCUT2D eigenvalue weighted by molar-refractivity contribution is 7.80. The Morgan fingerprint density at radius 2 is 2.35 bits per heavy atom. The molecule has 92 valence electrons. The lowest BCUT2D eigenvalue weighted by Gasteiger charge is -2.23. The van der Waals surface area contributed by atoms with E-state index in [1.807, 2.05) is 0 Å². The lowest BCUT2D eigenvalue weighted by atomic mass is 10.1. The molecule has 1 atom stereocenters. The Bertz CT molecular complexity index is 419. The Balaban J connectivity index is 2.08. The van der Waals surface area contributed by atoms with E-state index >= 15 is 0 Å². The molecule has 1 aromatic rings. The number of hydrogen-bond acceptors (Lipinski definition) is 3. The standard InChI is InChI=1S/C12H14FNO2S/c13-10-6-8(12(14)17)3-4-11(10)16-9-2-1-5-15-7-9/h3-4,6,9H,1-2,5,7H2,(H2,14,17). The van der Waals surface area contributed by atoms with Crippen LogP contribution in [0.5, 0.6) is 5.75 Å². The lowest BCUT2D eigenvalue weighted by molar-refractivity contribution is 0.00588. The molecule has 5 heteroatoms. The predicted molar refractivity (Wildman–Crippen MR) is 66.8 cm³/mol. The zero-order valence-corrected chi connectivity index (χ0v) is 10.1. The van der Waals surface area contributed by atoms with Crippen LogP contribution in [0.15, 0.2) is 18.2 Å². The van der Waals surface area contributed by atoms with Crippen LogP contribution in [-0.2, 0) is 4.74 Å². The van der Waals surface area contributed by atoms with Gasteiger partial charge in [-0.2, -0.15) is 0 Å². The Hall–Kier alpha value is -1.20. The molecule has 17 heavy (non-hydrogen) atoms. The second kappa shape index (κ2) is 5.42. The first kappa shape index (κ1) is 12.3. The second-order valence-electron chi connectivity index (χ2n) is 3.97. The molecule has 0 aliphatic carbocycles. The van der Waals surface area contributed by atoms with Crippen molar-refractivity contribution >= 4 is 17.2 Å². The number of ether oxygens (including phenoxy) is 2. The smallest absolute Gasteiger partial charge is 0.165 e. The molecule has 1 fully saturated rings. The molecule has 2 N–H and O–H groups in total.